The number of fused-ring (bicyclic) bond motifs is 4. The van der Waals surface area contributed by atoms with Crippen LogP contribution in [-0.2, 0) is 0 Å². The average Bonchev–Trinajstić information content (AvgIpc) is 3.67. The molecular weight excluding hydrogens is 725 g/mol. The van der Waals surface area contributed by atoms with Gasteiger partial charge < -0.3 is 9.47 Å². The van der Waals surface area contributed by atoms with Gasteiger partial charge in [-0.1, -0.05) is 176 Å². The molecule has 0 aliphatic rings. The number of nitrogens with zero attached hydrogens (tertiary/aromatic N) is 2. The number of rotatable bonds is 8. The van der Waals surface area contributed by atoms with Crippen LogP contribution in [0.1, 0.15) is 0 Å². The van der Waals surface area contributed by atoms with Gasteiger partial charge in [0.05, 0.1) is 22.4 Å². The first kappa shape index (κ1) is 35.2. The first-order valence-corrected chi connectivity index (χ1v) is 20.6. The standard InChI is InChI=1S/C58H40N2/c1-2-14-41(15-3-1)46-18-12-19-47(38-46)43-30-34-51(35-31-43)59(57-26-10-11-27-58(57)60-55-24-8-6-22-53(55)54-23-7-9-25-56(54)60)52-36-32-44(33-37-52)48-20-13-21-49(39-48)50-29-28-42-16-4-5-17-45(42)40-50/h1-40H. The molecule has 0 aliphatic carbocycles. The number of para-hydroxylation sites is 4. The Morgan fingerprint density at radius 3 is 1.28 bits per heavy atom. The molecule has 282 valence electrons. The normalized spacial score (nSPS) is 11.3. The van der Waals surface area contributed by atoms with Gasteiger partial charge in [0, 0.05) is 22.1 Å². The highest BCUT2D eigenvalue weighted by Gasteiger charge is 2.21. The summed E-state index contributed by atoms with van der Waals surface area (Å²) in [6, 6.07) is 87.9. The smallest absolute Gasteiger partial charge is 0.0702 e. The fourth-order valence-electron chi connectivity index (χ4n) is 8.81. The molecule has 10 aromatic carbocycles. The van der Waals surface area contributed by atoms with E-state index in [9.17, 15) is 0 Å². The van der Waals surface area contributed by atoms with Crippen LogP contribution in [0.15, 0.2) is 243 Å². The van der Waals surface area contributed by atoms with E-state index in [1.807, 2.05) is 0 Å². The Morgan fingerprint density at radius 2 is 0.683 bits per heavy atom. The molecule has 2 heteroatoms. The maximum atomic E-state index is 2.42. The molecule has 0 spiro atoms. The maximum absolute atomic E-state index is 2.42. The van der Waals surface area contributed by atoms with Crippen molar-refractivity contribution in [2.75, 3.05) is 4.90 Å². The zero-order valence-corrected chi connectivity index (χ0v) is 33.0. The zero-order chi connectivity index (χ0) is 39.8. The minimum Gasteiger partial charge on any atom is -0.308 e. The van der Waals surface area contributed by atoms with Crippen LogP contribution in [0.4, 0.5) is 17.1 Å². The predicted octanol–water partition coefficient (Wildman–Crippen LogP) is 16.1. The minimum absolute atomic E-state index is 1.08. The van der Waals surface area contributed by atoms with Crippen LogP contribution in [0.25, 0.3) is 82.8 Å². The Morgan fingerprint density at radius 1 is 0.267 bits per heavy atom. The fraction of sp³-hybridized carbons (Fsp3) is 0. The summed E-state index contributed by atoms with van der Waals surface area (Å²) in [6.45, 7) is 0. The van der Waals surface area contributed by atoms with Crippen molar-refractivity contribution in [1.82, 2.24) is 4.57 Å². The molecule has 2 nitrogen and oxygen atoms in total. The average molecular weight is 765 g/mol. The summed E-state index contributed by atoms with van der Waals surface area (Å²) in [7, 11) is 0. The van der Waals surface area contributed by atoms with E-state index in [0.29, 0.717) is 0 Å². The highest BCUT2D eigenvalue weighted by molar-refractivity contribution is 6.10. The van der Waals surface area contributed by atoms with E-state index in [-0.39, 0.29) is 0 Å². The van der Waals surface area contributed by atoms with Crippen molar-refractivity contribution in [3.63, 3.8) is 0 Å². The number of anilines is 3. The largest absolute Gasteiger partial charge is 0.308 e. The summed E-state index contributed by atoms with van der Waals surface area (Å²) < 4.78 is 2.42. The fourth-order valence-corrected chi connectivity index (χ4v) is 8.81. The first-order valence-electron chi connectivity index (χ1n) is 20.6. The molecule has 0 unspecified atom stereocenters. The topological polar surface area (TPSA) is 8.17 Å². The van der Waals surface area contributed by atoms with Gasteiger partial charge in [0.2, 0.25) is 0 Å². The molecule has 0 saturated carbocycles. The highest BCUT2D eigenvalue weighted by Crippen LogP contribution is 2.43. The second-order valence-corrected chi connectivity index (χ2v) is 15.4. The summed E-state index contributed by atoms with van der Waals surface area (Å²) in [6.07, 6.45) is 0. The van der Waals surface area contributed by atoms with Crippen molar-refractivity contribution in [2.24, 2.45) is 0 Å². The van der Waals surface area contributed by atoms with E-state index in [2.05, 4.69) is 252 Å². The summed E-state index contributed by atoms with van der Waals surface area (Å²) in [4.78, 5) is 2.40. The molecule has 0 fully saturated rings. The number of hydrogen-bond donors (Lipinski definition) is 0. The Labute approximate surface area is 350 Å². The van der Waals surface area contributed by atoms with E-state index < -0.39 is 0 Å². The van der Waals surface area contributed by atoms with E-state index in [1.165, 1.54) is 77.1 Å². The number of benzene rings is 10. The van der Waals surface area contributed by atoms with Crippen molar-refractivity contribution >= 4 is 49.6 Å². The van der Waals surface area contributed by atoms with Crippen molar-refractivity contribution in [3.8, 4) is 50.2 Å². The van der Waals surface area contributed by atoms with Crippen molar-refractivity contribution in [3.05, 3.63) is 243 Å². The van der Waals surface area contributed by atoms with Crippen LogP contribution < -0.4 is 4.90 Å². The summed E-state index contributed by atoms with van der Waals surface area (Å²) >= 11 is 0. The molecule has 0 bridgehead atoms. The zero-order valence-electron chi connectivity index (χ0n) is 33.0. The van der Waals surface area contributed by atoms with E-state index in [4.69, 9.17) is 0 Å². The van der Waals surface area contributed by atoms with Gasteiger partial charge in [-0.25, -0.2) is 0 Å². The molecule has 0 N–H and O–H groups in total. The van der Waals surface area contributed by atoms with E-state index in [0.717, 1.165) is 22.7 Å². The number of hydrogen-bond acceptors (Lipinski definition) is 1. The molecule has 11 rings (SSSR count). The Bertz CT molecular complexity index is 3250. The van der Waals surface area contributed by atoms with Crippen molar-refractivity contribution in [1.29, 1.82) is 0 Å². The molecule has 0 radical (unpaired) electrons. The van der Waals surface area contributed by atoms with Gasteiger partial charge in [0.15, 0.2) is 0 Å². The molecule has 0 saturated heterocycles. The molecule has 60 heavy (non-hydrogen) atoms. The lowest BCUT2D eigenvalue weighted by Crippen LogP contribution is -2.13. The van der Waals surface area contributed by atoms with Gasteiger partial charge in [-0.15, -0.1) is 0 Å². The lowest BCUT2D eigenvalue weighted by molar-refractivity contribution is 1.15. The van der Waals surface area contributed by atoms with Gasteiger partial charge in [0.1, 0.15) is 0 Å². The Balaban J connectivity index is 1.02. The van der Waals surface area contributed by atoms with Crippen LogP contribution in [0.3, 0.4) is 0 Å². The molecule has 1 heterocycles. The predicted molar refractivity (Wildman–Crippen MR) is 255 cm³/mol. The summed E-state index contributed by atoms with van der Waals surface area (Å²) in [5, 5.41) is 4.99. The van der Waals surface area contributed by atoms with Crippen molar-refractivity contribution in [2.45, 2.75) is 0 Å². The molecule has 0 amide bonds. The van der Waals surface area contributed by atoms with Crippen LogP contribution >= 0.6 is 0 Å². The third-order valence-corrected chi connectivity index (χ3v) is 11.8. The quantitative estimate of drug-likeness (QED) is 0.150. The van der Waals surface area contributed by atoms with Crippen LogP contribution in [0, 0.1) is 0 Å². The lowest BCUT2D eigenvalue weighted by Gasteiger charge is -2.28. The van der Waals surface area contributed by atoms with Crippen LogP contribution in [-0.4, -0.2) is 4.57 Å². The first-order chi connectivity index (χ1) is 29.7. The number of aromatic nitrogens is 1. The van der Waals surface area contributed by atoms with Gasteiger partial charge in [0.25, 0.3) is 0 Å². The highest BCUT2D eigenvalue weighted by atomic mass is 15.2. The SMILES string of the molecule is c1ccc(-c2cccc(-c3ccc(N(c4ccc(-c5cccc(-c6ccc7ccccc7c6)c5)cc4)c4ccccc4-n4c5ccccc5c5ccccc54)cc3)c2)cc1. The monoisotopic (exact) mass is 764 g/mol. The lowest BCUT2D eigenvalue weighted by atomic mass is 9.97. The molecule has 1 aromatic heterocycles. The summed E-state index contributed by atoms with van der Waals surface area (Å²) in [5.41, 5.74) is 16.3. The van der Waals surface area contributed by atoms with E-state index >= 15 is 0 Å². The van der Waals surface area contributed by atoms with Gasteiger partial charge in [-0.3, -0.25) is 0 Å². The maximum Gasteiger partial charge on any atom is 0.0702 e. The van der Waals surface area contributed by atoms with Crippen LogP contribution in [0.2, 0.25) is 0 Å². The molecule has 0 atom stereocenters. The van der Waals surface area contributed by atoms with Gasteiger partial charge in [-0.05, 0) is 122 Å². The molecular formula is C58H40N2. The Hall–Kier alpha value is -7.94. The van der Waals surface area contributed by atoms with Gasteiger partial charge in [-0.2, -0.15) is 0 Å². The van der Waals surface area contributed by atoms with Gasteiger partial charge >= 0.3 is 0 Å². The third-order valence-electron chi connectivity index (χ3n) is 11.8. The third kappa shape index (κ3) is 6.41. The second kappa shape index (κ2) is 15.1. The van der Waals surface area contributed by atoms with Crippen LogP contribution in [0.5, 0.6) is 0 Å². The minimum atomic E-state index is 1.08. The molecule has 11 aromatic rings. The second-order valence-electron chi connectivity index (χ2n) is 15.4. The molecule has 0 aliphatic heterocycles. The Kier molecular flexibility index (Phi) is 8.87. The van der Waals surface area contributed by atoms with Crippen molar-refractivity contribution < 1.29 is 0 Å². The summed E-state index contributed by atoms with van der Waals surface area (Å²) in [5.74, 6) is 0. The van der Waals surface area contributed by atoms with E-state index in [1.54, 1.807) is 0 Å².